The Labute approximate surface area is 161 Å². The first kappa shape index (κ1) is 21.0. The molecule has 0 radical (unpaired) electrons. The van der Waals surface area contributed by atoms with Gasteiger partial charge in [-0.1, -0.05) is 119 Å². The van der Waals surface area contributed by atoms with Gasteiger partial charge in [-0.15, -0.1) is 15.3 Å². The zero-order chi connectivity index (χ0) is 14.2. The minimum Gasteiger partial charge on any atom is -0.311 e. The first-order chi connectivity index (χ1) is 7.26. The minimum atomic E-state index is -1.98. The Morgan fingerprint density at radius 2 is 0.882 bits per heavy atom. The highest BCUT2D eigenvalue weighted by molar-refractivity contribution is 9.83. The molecule has 104 valence electrons. The molecule has 0 heterocycles. The summed E-state index contributed by atoms with van der Waals surface area (Å²) >= 11 is 27.3. The van der Waals surface area contributed by atoms with Gasteiger partial charge in [0.15, 0.2) is 0 Å². The Morgan fingerprint density at radius 1 is 0.647 bits per heavy atom. The second-order valence-corrected chi connectivity index (χ2v) is 79.9. The Hall–Kier alpha value is 3.97. The third kappa shape index (κ3) is 4.98. The number of hydrogen-bond acceptors (Lipinski definition) is 1. The summed E-state index contributed by atoms with van der Waals surface area (Å²) in [6, 6.07) is 0.945. The molecule has 0 N–H and O–H groups in total. The molecular weight excluding hydrogens is 730 g/mol. The molecule has 0 aliphatic carbocycles. The van der Waals surface area contributed by atoms with E-state index in [1.165, 1.54) is 0 Å². The molecule has 1 nitrogen and oxygen atoms in total. The van der Waals surface area contributed by atoms with E-state index >= 15 is 0 Å². The van der Waals surface area contributed by atoms with E-state index < -0.39 is 12.8 Å². The van der Waals surface area contributed by atoms with E-state index in [0.29, 0.717) is 12.1 Å². The van der Waals surface area contributed by atoms with Crippen LogP contribution >= 0.6 is 107 Å². The summed E-state index contributed by atoms with van der Waals surface area (Å²) in [7, 11) is 0. The maximum atomic E-state index is 4.10. The van der Waals surface area contributed by atoms with Crippen LogP contribution in [-0.4, -0.2) is 29.4 Å². The molecule has 0 spiro atoms. The van der Waals surface area contributed by atoms with Crippen LogP contribution in [0.25, 0.3) is 0 Å². The van der Waals surface area contributed by atoms with Gasteiger partial charge in [0.1, 0.15) is 0 Å². The minimum absolute atomic E-state index is 0.472. The first-order valence-corrected chi connectivity index (χ1v) is 28.6. The quantitative estimate of drug-likeness (QED) is 0.235. The third-order valence-electron chi connectivity index (χ3n) is 2.22. The van der Waals surface area contributed by atoms with Gasteiger partial charge in [-0.25, -0.2) is 0 Å². The SMILES string of the molecule is CC(C)N(C(C)C)[Si](Br)([Si](Br)(Br)Br)[Si](Br)(Br)Br. The van der Waals surface area contributed by atoms with Crippen molar-refractivity contribution in [2.75, 3.05) is 0 Å². The van der Waals surface area contributed by atoms with Crippen LogP contribution in [0.3, 0.4) is 0 Å². The highest BCUT2D eigenvalue weighted by Gasteiger charge is 2.68. The largest absolute Gasteiger partial charge is 0.311 e. The molecule has 11 heteroatoms. The Morgan fingerprint density at radius 3 is 0.941 bits per heavy atom. The molecule has 0 aliphatic heterocycles. The van der Waals surface area contributed by atoms with Gasteiger partial charge in [-0.05, 0) is 12.1 Å². The molecule has 0 amide bonds. The van der Waals surface area contributed by atoms with Crippen molar-refractivity contribution in [3.8, 4) is 0 Å². The lowest BCUT2D eigenvalue weighted by Gasteiger charge is -2.49. The summed E-state index contributed by atoms with van der Waals surface area (Å²) < 4.78 is -1.20. The first-order valence-electron chi connectivity index (χ1n) is 4.87. The summed E-state index contributed by atoms with van der Waals surface area (Å²) in [5.41, 5.74) is 0. The van der Waals surface area contributed by atoms with Gasteiger partial charge in [0, 0.05) is 0 Å². The van der Waals surface area contributed by atoms with Crippen molar-refractivity contribution in [2.24, 2.45) is 0 Å². The van der Waals surface area contributed by atoms with Gasteiger partial charge >= 0.3 is 0 Å². The van der Waals surface area contributed by atoms with Crippen LogP contribution in [0.2, 0.25) is 0 Å². The van der Waals surface area contributed by atoms with Crippen molar-refractivity contribution in [1.82, 2.24) is 4.57 Å². The molecule has 0 fully saturated rings. The van der Waals surface area contributed by atoms with E-state index in [0.717, 1.165) is 0 Å². The van der Waals surface area contributed by atoms with E-state index in [1.807, 2.05) is 0 Å². The number of halogens is 7. The molecule has 0 saturated carbocycles. The number of hydrogen-bond donors (Lipinski definition) is 0. The number of nitrogens with zero attached hydrogens (tertiary/aromatic N) is 1. The van der Waals surface area contributed by atoms with Crippen LogP contribution < -0.4 is 0 Å². The average Bonchev–Trinajstić information content (AvgIpc) is 1.97. The van der Waals surface area contributed by atoms with Crippen LogP contribution in [0.1, 0.15) is 27.7 Å². The summed E-state index contributed by atoms with van der Waals surface area (Å²) in [5.74, 6) is -1.98. The molecule has 0 rings (SSSR count). The zero-order valence-electron chi connectivity index (χ0n) is 9.75. The molecule has 0 atom stereocenters. The Bertz CT molecular complexity index is 239. The molecular formula is C6H14Br7NSi3. The van der Waals surface area contributed by atoms with E-state index in [4.69, 9.17) is 0 Å². The van der Waals surface area contributed by atoms with Gasteiger partial charge in [0.05, 0.1) is 0 Å². The molecule has 0 unspecified atom stereocenters. The second kappa shape index (κ2) is 7.49. The fourth-order valence-corrected chi connectivity index (χ4v) is 139. The summed E-state index contributed by atoms with van der Waals surface area (Å²) in [4.78, 5) is 0. The topological polar surface area (TPSA) is 3.24 Å². The molecule has 0 aromatic rings. The standard InChI is InChI=1S/C6H14Br7NSi3/c1-5(2)14(6(3)4)17(13,15(7,8)9)16(10,11)12/h5-6H,1-4H3. The van der Waals surface area contributed by atoms with Crippen LogP contribution in [0, 0.1) is 0 Å². The predicted octanol–water partition coefficient (Wildman–Crippen LogP) is 6.35. The van der Waals surface area contributed by atoms with Gasteiger partial charge in [0.2, 0.25) is 0 Å². The fourth-order valence-electron chi connectivity index (χ4n) is 1.76. The molecule has 0 aliphatic rings. The fraction of sp³-hybridized carbons (Fsp3) is 1.00. The molecule has 0 aromatic carbocycles. The highest BCUT2D eigenvalue weighted by Crippen LogP contribution is 2.54. The number of rotatable bonds is 5. The summed E-state index contributed by atoms with van der Waals surface area (Å²) in [6.45, 7) is 8.96. The second-order valence-electron chi connectivity index (χ2n) is 4.21. The van der Waals surface area contributed by atoms with Crippen LogP contribution in [0.15, 0.2) is 0 Å². The van der Waals surface area contributed by atoms with Crippen molar-refractivity contribution in [3.05, 3.63) is 0 Å². The van der Waals surface area contributed by atoms with E-state index in [2.05, 4.69) is 139 Å². The van der Waals surface area contributed by atoms with Crippen molar-refractivity contribution in [3.63, 3.8) is 0 Å². The average molecular weight is 744 g/mol. The van der Waals surface area contributed by atoms with Gasteiger partial charge in [0.25, 0.3) is 12.8 Å². The monoisotopic (exact) mass is 736 g/mol. The maximum Gasteiger partial charge on any atom is 0.283 e. The lowest BCUT2D eigenvalue weighted by molar-refractivity contribution is 0.312. The lowest BCUT2D eigenvalue weighted by Crippen LogP contribution is -2.73. The molecule has 17 heavy (non-hydrogen) atoms. The van der Waals surface area contributed by atoms with Gasteiger partial charge < -0.3 is 4.57 Å². The molecule has 0 saturated heterocycles. The van der Waals surface area contributed by atoms with Gasteiger partial charge in [-0.2, -0.15) is 0 Å². The van der Waals surface area contributed by atoms with Crippen molar-refractivity contribution >= 4 is 120 Å². The van der Waals surface area contributed by atoms with E-state index in [1.54, 1.807) is 0 Å². The molecule has 0 aromatic heterocycles. The predicted molar refractivity (Wildman–Crippen MR) is 112 cm³/mol. The molecule has 0 bridgehead atoms. The van der Waals surface area contributed by atoms with Crippen molar-refractivity contribution in [1.29, 1.82) is 0 Å². The maximum absolute atomic E-state index is 4.10. The van der Waals surface area contributed by atoms with Crippen LogP contribution in [0.5, 0.6) is 0 Å². The van der Waals surface area contributed by atoms with Crippen molar-refractivity contribution in [2.45, 2.75) is 39.8 Å². The van der Waals surface area contributed by atoms with Crippen LogP contribution in [0.4, 0.5) is 0 Å². The van der Waals surface area contributed by atoms with Crippen molar-refractivity contribution < 1.29 is 0 Å². The van der Waals surface area contributed by atoms with E-state index in [-0.39, 0.29) is 0 Å². The Kier molecular flexibility index (Phi) is 9.24. The normalized spacial score (nSPS) is 15.2. The lowest BCUT2D eigenvalue weighted by atomic mass is 10.3. The van der Waals surface area contributed by atoms with Crippen LogP contribution in [-0.2, 0) is 0 Å². The summed E-state index contributed by atoms with van der Waals surface area (Å²) in [6.07, 6.45) is 0. The summed E-state index contributed by atoms with van der Waals surface area (Å²) in [5, 5.41) is 0. The highest BCUT2D eigenvalue weighted by atomic mass is 80.0. The zero-order valence-corrected chi connectivity index (χ0v) is 23.8. The third-order valence-corrected chi connectivity index (χ3v) is 110. The Balaban J connectivity index is 5.78. The smallest absolute Gasteiger partial charge is 0.283 e. The van der Waals surface area contributed by atoms with E-state index in [9.17, 15) is 0 Å². The van der Waals surface area contributed by atoms with Gasteiger partial charge in [-0.3, -0.25) is 0 Å².